The molecule has 1 saturated carbocycles. The summed E-state index contributed by atoms with van der Waals surface area (Å²) < 4.78 is 0. The third-order valence-corrected chi connectivity index (χ3v) is 4.08. The zero-order valence-corrected chi connectivity index (χ0v) is 10.8. The van der Waals surface area contributed by atoms with Crippen molar-refractivity contribution in [2.75, 3.05) is 5.32 Å². The highest BCUT2D eigenvalue weighted by Crippen LogP contribution is 2.31. The van der Waals surface area contributed by atoms with Gasteiger partial charge in [-0.2, -0.15) is 0 Å². The Labute approximate surface area is 104 Å². The minimum atomic E-state index is 0.119. The average molecular weight is 233 g/mol. The van der Waals surface area contributed by atoms with Crippen molar-refractivity contribution in [2.45, 2.75) is 45.8 Å². The number of aliphatic hydroxyl groups is 1. The fourth-order valence-electron chi connectivity index (χ4n) is 2.67. The van der Waals surface area contributed by atoms with Crippen LogP contribution >= 0.6 is 0 Å². The van der Waals surface area contributed by atoms with Crippen LogP contribution in [0.2, 0.25) is 0 Å². The van der Waals surface area contributed by atoms with Crippen LogP contribution in [0.15, 0.2) is 24.3 Å². The van der Waals surface area contributed by atoms with Crippen LogP contribution in [0.1, 0.15) is 38.7 Å². The molecule has 0 heterocycles. The number of anilines is 1. The normalized spacial score (nSPS) is 29.0. The van der Waals surface area contributed by atoms with E-state index in [2.05, 4.69) is 25.2 Å². The van der Waals surface area contributed by atoms with Gasteiger partial charge >= 0.3 is 0 Å². The van der Waals surface area contributed by atoms with Gasteiger partial charge in [-0.15, -0.1) is 0 Å². The lowest BCUT2D eigenvalue weighted by Crippen LogP contribution is -2.30. The molecule has 0 radical (unpaired) electrons. The van der Waals surface area contributed by atoms with Gasteiger partial charge < -0.3 is 10.4 Å². The molecule has 3 atom stereocenters. The SMILES string of the molecule is CC1CCC(Nc2cccc(CO)c2)CC1C. The molecule has 94 valence electrons. The van der Waals surface area contributed by atoms with Gasteiger partial charge in [0.1, 0.15) is 0 Å². The van der Waals surface area contributed by atoms with Gasteiger partial charge in [0.05, 0.1) is 6.61 Å². The van der Waals surface area contributed by atoms with Crippen LogP contribution in [0, 0.1) is 11.8 Å². The second-order valence-corrected chi connectivity index (χ2v) is 5.47. The van der Waals surface area contributed by atoms with E-state index in [0.29, 0.717) is 6.04 Å². The average Bonchev–Trinajstić information content (AvgIpc) is 2.34. The first-order valence-corrected chi connectivity index (χ1v) is 6.65. The number of benzene rings is 1. The lowest BCUT2D eigenvalue weighted by atomic mass is 9.79. The quantitative estimate of drug-likeness (QED) is 0.838. The molecule has 1 aliphatic rings. The fourth-order valence-corrected chi connectivity index (χ4v) is 2.67. The molecule has 1 aromatic rings. The first-order valence-electron chi connectivity index (χ1n) is 6.65. The van der Waals surface area contributed by atoms with Gasteiger partial charge in [-0.3, -0.25) is 0 Å². The summed E-state index contributed by atoms with van der Waals surface area (Å²) >= 11 is 0. The maximum atomic E-state index is 9.12. The highest BCUT2D eigenvalue weighted by Gasteiger charge is 2.24. The Morgan fingerprint density at radius 2 is 2.06 bits per heavy atom. The zero-order chi connectivity index (χ0) is 12.3. The summed E-state index contributed by atoms with van der Waals surface area (Å²) in [4.78, 5) is 0. The molecule has 2 heteroatoms. The molecule has 3 unspecified atom stereocenters. The van der Waals surface area contributed by atoms with E-state index in [4.69, 9.17) is 5.11 Å². The van der Waals surface area contributed by atoms with E-state index in [1.807, 2.05) is 18.2 Å². The standard InChI is InChI=1S/C15H23NO/c1-11-6-7-15(8-12(11)2)16-14-5-3-4-13(9-14)10-17/h3-5,9,11-12,15-17H,6-8,10H2,1-2H3. The molecule has 0 saturated heterocycles. The van der Waals surface area contributed by atoms with Crippen LogP contribution in [-0.2, 0) is 6.61 Å². The molecule has 17 heavy (non-hydrogen) atoms. The molecular formula is C15H23NO. The van der Waals surface area contributed by atoms with Crippen molar-refractivity contribution in [1.29, 1.82) is 0 Å². The van der Waals surface area contributed by atoms with Crippen LogP contribution < -0.4 is 5.32 Å². The summed E-state index contributed by atoms with van der Waals surface area (Å²) in [6.45, 7) is 4.82. The monoisotopic (exact) mass is 233 g/mol. The Balaban J connectivity index is 1.96. The van der Waals surface area contributed by atoms with Crippen molar-refractivity contribution in [3.8, 4) is 0 Å². The Hall–Kier alpha value is -1.02. The van der Waals surface area contributed by atoms with E-state index in [9.17, 15) is 0 Å². The van der Waals surface area contributed by atoms with Gasteiger partial charge in [0.15, 0.2) is 0 Å². The first kappa shape index (κ1) is 12.4. The second-order valence-electron chi connectivity index (χ2n) is 5.47. The molecule has 0 bridgehead atoms. The van der Waals surface area contributed by atoms with Gasteiger partial charge in [0.25, 0.3) is 0 Å². The molecule has 0 aliphatic heterocycles. The van der Waals surface area contributed by atoms with E-state index in [0.717, 1.165) is 23.1 Å². The van der Waals surface area contributed by atoms with E-state index >= 15 is 0 Å². The summed E-state index contributed by atoms with van der Waals surface area (Å²) in [6, 6.07) is 8.68. The maximum absolute atomic E-state index is 9.12. The summed E-state index contributed by atoms with van der Waals surface area (Å²) in [5.41, 5.74) is 2.12. The van der Waals surface area contributed by atoms with E-state index in [1.54, 1.807) is 0 Å². The Kier molecular flexibility index (Phi) is 4.06. The molecule has 2 N–H and O–H groups in total. The Bertz CT molecular complexity index is 364. The van der Waals surface area contributed by atoms with Crippen molar-refractivity contribution in [2.24, 2.45) is 11.8 Å². The molecule has 1 fully saturated rings. The molecule has 1 aromatic carbocycles. The van der Waals surface area contributed by atoms with Crippen molar-refractivity contribution < 1.29 is 5.11 Å². The van der Waals surface area contributed by atoms with Gasteiger partial charge in [0, 0.05) is 11.7 Å². The Morgan fingerprint density at radius 1 is 1.24 bits per heavy atom. The van der Waals surface area contributed by atoms with Crippen LogP contribution in [-0.4, -0.2) is 11.1 Å². The van der Waals surface area contributed by atoms with Crippen molar-refractivity contribution in [3.63, 3.8) is 0 Å². The lowest BCUT2D eigenvalue weighted by molar-refractivity contribution is 0.261. The van der Waals surface area contributed by atoms with Crippen molar-refractivity contribution >= 4 is 5.69 Å². The molecule has 0 amide bonds. The van der Waals surface area contributed by atoms with Crippen LogP contribution in [0.25, 0.3) is 0 Å². The second kappa shape index (κ2) is 5.54. The number of aliphatic hydroxyl groups excluding tert-OH is 1. The fraction of sp³-hybridized carbons (Fsp3) is 0.600. The zero-order valence-electron chi connectivity index (χ0n) is 10.8. The smallest absolute Gasteiger partial charge is 0.0682 e. The van der Waals surface area contributed by atoms with Crippen LogP contribution in [0.5, 0.6) is 0 Å². The third-order valence-electron chi connectivity index (χ3n) is 4.08. The van der Waals surface area contributed by atoms with E-state index in [-0.39, 0.29) is 6.61 Å². The third kappa shape index (κ3) is 3.22. The summed E-state index contributed by atoms with van der Waals surface area (Å²) in [7, 11) is 0. The van der Waals surface area contributed by atoms with E-state index < -0.39 is 0 Å². The predicted molar refractivity (Wildman–Crippen MR) is 72.0 cm³/mol. The summed E-state index contributed by atoms with van der Waals surface area (Å²) in [5.74, 6) is 1.67. The highest BCUT2D eigenvalue weighted by molar-refractivity contribution is 5.46. The number of hydrogen-bond acceptors (Lipinski definition) is 2. The van der Waals surface area contributed by atoms with Crippen LogP contribution in [0.3, 0.4) is 0 Å². The van der Waals surface area contributed by atoms with Gasteiger partial charge in [-0.05, 0) is 48.8 Å². The van der Waals surface area contributed by atoms with Gasteiger partial charge in [-0.25, -0.2) is 0 Å². The topological polar surface area (TPSA) is 32.3 Å². The Morgan fingerprint density at radius 3 is 2.76 bits per heavy atom. The predicted octanol–water partition coefficient (Wildman–Crippen LogP) is 3.42. The van der Waals surface area contributed by atoms with Crippen molar-refractivity contribution in [1.82, 2.24) is 0 Å². The number of hydrogen-bond donors (Lipinski definition) is 2. The molecule has 0 aromatic heterocycles. The number of nitrogens with one attached hydrogen (secondary N) is 1. The summed E-state index contributed by atoms with van der Waals surface area (Å²) in [6.07, 6.45) is 3.83. The largest absolute Gasteiger partial charge is 0.392 e. The van der Waals surface area contributed by atoms with Crippen molar-refractivity contribution in [3.05, 3.63) is 29.8 Å². The highest BCUT2D eigenvalue weighted by atomic mass is 16.3. The molecule has 2 rings (SSSR count). The molecular weight excluding hydrogens is 210 g/mol. The molecule has 1 aliphatic carbocycles. The van der Waals surface area contributed by atoms with Gasteiger partial charge in [0.2, 0.25) is 0 Å². The minimum absolute atomic E-state index is 0.119. The van der Waals surface area contributed by atoms with Gasteiger partial charge in [-0.1, -0.05) is 26.0 Å². The lowest BCUT2D eigenvalue weighted by Gasteiger charge is -2.33. The molecule has 0 spiro atoms. The van der Waals surface area contributed by atoms with Crippen LogP contribution in [0.4, 0.5) is 5.69 Å². The first-order chi connectivity index (χ1) is 8.19. The van der Waals surface area contributed by atoms with E-state index in [1.165, 1.54) is 19.3 Å². The number of rotatable bonds is 3. The summed E-state index contributed by atoms with van der Waals surface area (Å²) in [5, 5.41) is 12.7. The molecule has 2 nitrogen and oxygen atoms in total. The minimum Gasteiger partial charge on any atom is -0.392 e. The maximum Gasteiger partial charge on any atom is 0.0682 e.